The molecule has 0 spiro atoms. The Hall–Kier alpha value is -1.97. The van der Waals surface area contributed by atoms with E-state index < -0.39 is 0 Å². The topological polar surface area (TPSA) is 47.8 Å². The normalized spacial score (nSPS) is 20.0. The lowest BCUT2D eigenvalue weighted by molar-refractivity contribution is -0.124. The summed E-state index contributed by atoms with van der Waals surface area (Å²) in [4.78, 5) is 16.1. The van der Waals surface area contributed by atoms with Crippen LogP contribution in [0.1, 0.15) is 31.7 Å². The molecule has 1 aliphatic rings. The van der Waals surface area contributed by atoms with E-state index in [1.807, 2.05) is 30.5 Å². The van der Waals surface area contributed by atoms with Crippen LogP contribution in [0.2, 0.25) is 0 Å². The fourth-order valence-corrected chi connectivity index (χ4v) is 2.41. The molecule has 0 aliphatic heterocycles. The van der Waals surface area contributed by atoms with Crippen LogP contribution in [0.15, 0.2) is 36.7 Å². The standard InChI is InChI=1S/C14H15N3O/c18-14-7-2-1-6-13(14)17-10-8-12(16-17)11-5-3-4-9-15-11/h3-5,8-10,13H,1-2,6-7H2. The highest BCUT2D eigenvalue weighted by atomic mass is 16.1. The van der Waals surface area contributed by atoms with Crippen LogP contribution < -0.4 is 0 Å². The molecule has 0 amide bonds. The Morgan fingerprint density at radius 3 is 2.89 bits per heavy atom. The number of nitrogens with zero attached hydrogens (tertiary/aromatic N) is 3. The van der Waals surface area contributed by atoms with Gasteiger partial charge in [0.15, 0.2) is 5.78 Å². The van der Waals surface area contributed by atoms with Crippen molar-refractivity contribution in [2.75, 3.05) is 0 Å². The molecule has 1 unspecified atom stereocenters. The van der Waals surface area contributed by atoms with Crippen LogP contribution in [0, 0.1) is 0 Å². The number of aromatic nitrogens is 3. The second-order valence-corrected chi connectivity index (χ2v) is 4.62. The van der Waals surface area contributed by atoms with Crippen molar-refractivity contribution in [1.82, 2.24) is 14.8 Å². The second kappa shape index (κ2) is 4.72. The van der Waals surface area contributed by atoms with Crippen molar-refractivity contribution in [2.24, 2.45) is 0 Å². The first-order valence-electron chi connectivity index (χ1n) is 6.34. The number of carbonyl (C=O) groups is 1. The Bertz CT molecular complexity index is 547. The summed E-state index contributed by atoms with van der Waals surface area (Å²) in [6.45, 7) is 0. The summed E-state index contributed by atoms with van der Waals surface area (Å²) in [6.07, 6.45) is 7.35. The van der Waals surface area contributed by atoms with Crippen LogP contribution >= 0.6 is 0 Å². The van der Waals surface area contributed by atoms with Gasteiger partial charge in [-0.25, -0.2) is 0 Å². The molecule has 0 aromatic carbocycles. The lowest BCUT2D eigenvalue weighted by Crippen LogP contribution is -2.23. The highest BCUT2D eigenvalue weighted by molar-refractivity contribution is 5.83. The molecule has 2 heterocycles. The summed E-state index contributed by atoms with van der Waals surface area (Å²) >= 11 is 0. The number of hydrogen-bond acceptors (Lipinski definition) is 3. The van der Waals surface area contributed by atoms with Crippen molar-refractivity contribution in [3.63, 3.8) is 0 Å². The third kappa shape index (κ3) is 2.06. The molecular weight excluding hydrogens is 226 g/mol. The van der Waals surface area contributed by atoms with Gasteiger partial charge in [0.25, 0.3) is 0 Å². The van der Waals surface area contributed by atoms with Crippen LogP contribution in [0.25, 0.3) is 11.4 Å². The average molecular weight is 241 g/mol. The minimum atomic E-state index is -0.0730. The lowest BCUT2D eigenvalue weighted by atomic mass is 9.94. The maximum absolute atomic E-state index is 11.9. The Morgan fingerprint density at radius 1 is 1.17 bits per heavy atom. The molecule has 2 aromatic rings. The first-order chi connectivity index (χ1) is 8.84. The predicted molar refractivity (Wildman–Crippen MR) is 68.0 cm³/mol. The number of Topliss-reactive ketones (excluding diaryl/α,β-unsaturated/α-hetero) is 1. The van der Waals surface area contributed by atoms with E-state index in [0.717, 1.165) is 30.7 Å². The SMILES string of the molecule is O=C1CCCCC1n1ccc(-c2ccccn2)n1. The first kappa shape index (κ1) is 11.1. The van der Waals surface area contributed by atoms with Crippen LogP contribution in [-0.2, 0) is 4.79 Å². The van der Waals surface area contributed by atoms with E-state index in [-0.39, 0.29) is 6.04 Å². The summed E-state index contributed by atoms with van der Waals surface area (Å²) < 4.78 is 1.80. The average Bonchev–Trinajstić information content (AvgIpc) is 2.90. The van der Waals surface area contributed by atoms with Crippen molar-refractivity contribution >= 4 is 5.78 Å². The number of rotatable bonds is 2. The fraction of sp³-hybridized carbons (Fsp3) is 0.357. The smallest absolute Gasteiger partial charge is 0.157 e. The van der Waals surface area contributed by atoms with Gasteiger partial charge < -0.3 is 0 Å². The lowest BCUT2D eigenvalue weighted by Gasteiger charge is -2.20. The van der Waals surface area contributed by atoms with Crippen molar-refractivity contribution in [1.29, 1.82) is 0 Å². The van der Waals surface area contributed by atoms with E-state index in [0.29, 0.717) is 12.2 Å². The van der Waals surface area contributed by atoms with Crippen molar-refractivity contribution in [3.05, 3.63) is 36.7 Å². The van der Waals surface area contributed by atoms with Crippen molar-refractivity contribution in [3.8, 4) is 11.4 Å². The molecule has 0 N–H and O–H groups in total. The van der Waals surface area contributed by atoms with Gasteiger partial charge in [0.05, 0.1) is 5.69 Å². The molecule has 18 heavy (non-hydrogen) atoms. The van der Waals surface area contributed by atoms with Gasteiger partial charge in [-0.1, -0.05) is 12.5 Å². The van der Waals surface area contributed by atoms with Crippen LogP contribution in [0.3, 0.4) is 0 Å². The minimum Gasteiger partial charge on any atom is -0.297 e. The summed E-state index contributed by atoms with van der Waals surface area (Å²) in [6, 6.07) is 7.59. The zero-order valence-corrected chi connectivity index (χ0v) is 10.1. The quantitative estimate of drug-likeness (QED) is 0.812. The number of carbonyl (C=O) groups excluding carboxylic acids is 1. The van der Waals surface area contributed by atoms with Gasteiger partial charge in [-0.15, -0.1) is 0 Å². The van der Waals surface area contributed by atoms with Crippen LogP contribution in [0.5, 0.6) is 0 Å². The summed E-state index contributed by atoms with van der Waals surface area (Å²) in [5, 5.41) is 4.49. The van der Waals surface area contributed by atoms with E-state index in [4.69, 9.17) is 0 Å². The molecule has 4 heteroatoms. The van der Waals surface area contributed by atoms with E-state index in [1.54, 1.807) is 10.9 Å². The molecule has 3 rings (SSSR count). The van der Waals surface area contributed by atoms with Gasteiger partial charge >= 0.3 is 0 Å². The third-order valence-corrected chi connectivity index (χ3v) is 3.38. The van der Waals surface area contributed by atoms with Crippen molar-refractivity contribution in [2.45, 2.75) is 31.7 Å². The predicted octanol–water partition coefficient (Wildman–Crippen LogP) is 2.63. The van der Waals surface area contributed by atoms with Crippen LogP contribution in [-0.4, -0.2) is 20.5 Å². The molecule has 1 atom stereocenters. The molecule has 0 saturated heterocycles. The van der Waals surface area contributed by atoms with E-state index >= 15 is 0 Å². The van der Waals surface area contributed by atoms with Gasteiger partial charge in [-0.05, 0) is 31.0 Å². The Balaban J connectivity index is 1.87. The molecule has 2 aromatic heterocycles. The maximum Gasteiger partial charge on any atom is 0.157 e. The molecular formula is C14H15N3O. The Kier molecular flexibility index (Phi) is 2.92. The molecule has 1 saturated carbocycles. The van der Waals surface area contributed by atoms with E-state index in [9.17, 15) is 4.79 Å². The molecule has 4 nitrogen and oxygen atoms in total. The third-order valence-electron chi connectivity index (χ3n) is 3.38. The van der Waals surface area contributed by atoms with Crippen molar-refractivity contribution < 1.29 is 4.79 Å². The van der Waals surface area contributed by atoms with Gasteiger partial charge in [0.2, 0.25) is 0 Å². The zero-order valence-electron chi connectivity index (χ0n) is 10.1. The summed E-state index contributed by atoms with van der Waals surface area (Å²) in [7, 11) is 0. The summed E-state index contributed by atoms with van der Waals surface area (Å²) in [5.74, 6) is 0.303. The Labute approximate surface area is 106 Å². The van der Waals surface area contributed by atoms with Gasteiger partial charge in [-0.2, -0.15) is 5.10 Å². The van der Waals surface area contributed by atoms with Gasteiger partial charge in [0.1, 0.15) is 11.7 Å². The molecule has 0 bridgehead atoms. The van der Waals surface area contributed by atoms with Gasteiger partial charge in [0, 0.05) is 18.8 Å². The number of hydrogen-bond donors (Lipinski definition) is 0. The summed E-state index contributed by atoms with van der Waals surface area (Å²) in [5.41, 5.74) is 1.67. The highest BCUT2D eigenvalue weighted by Crippen LogP contribution is 2.25. The Morgan fingerprint density at radius 2 is 2.11 bits per heavy atom. The molecule has 0 radical (unpaired) electrons. The molecule has 92 valence electrons. The fourth-order valence-electron chi connectivity index (χ4n) is 2.41. The monoisotopic (exact) mass is 241 g/mol. The molecule has 1 fully saturated rings. The number of ketones is 1. The minimum absolute atomic E-state index is 0.0730. The zero-order chi connectivity index (χ0) is 12.4. The van der Waals surface area contributed by atoms with E-state index in [1.165, 1.54) is 0 Å². The second-order valence-electron chi connectivity index (χ2n) is 4.62. The van der Waals surface area contributed by atoms with Crippen LogP contribution in [0.4, 0.5) is 0 Å². The van der Waals surface area contributed by atoms with Gasteiger partial charge in [-0.3, -0.25) is 14.5 Å². The largest absolute Gasteiger partial charge is 0.297 e. The maximum atomic E-state index is 11.9. The molecule has 1 aliphatic carbocycles. The van der Waals surface area contributed by atoms with E-state index in [2.05, 4.69) is 10.1 Å². The highest BCUT2D eigenvalue weighted by Gasteiger charge is 2.24. The number of pyridine rings is 1. The first-order valence-corrected chi connectivity index (χ1v) is 6.34.